The molecular weight excluding hydrogens is 271 g/mol. The molecule has 1 aromatic heterocycles. The lowest BCUT2D eigenvalue weighted by atomic mass is 10.0. The van der Waals surface area contributed by atoms with E-state index in [4.69, 9.17) is 23.2 Å². The monoisotopic (exact) mass is 284 g/mol. The van der Waals surface area contributed by atoms with Crippen LogP contribution in [0.25, 0.3) is 0 Å². The fourth-order valence-corrected chi connectivity index (χ4v) is 2.32. The highest BCUT2D eigenvalue weighted by molar-refractivity contribution is 6.35. The number of nitrogens with zero attached hydrogens (tertiary/aromatic N) is 1. The summed E-state index contributed by atoms with van der Waals surface area (Å²) >= 11 is 11.9. The maximum absolute atomic E-state index is 9.88. The van der Waals surface area contributed by atoms with E-state index in [1.807, 2.05) is 12.1 Å². The van der Waals surface area contributed by atoms with Gasteiger partial charge in [-0.2, -0.15) is 0 Å². The fourth-order valence-electron chi connectivity index (χ4n) is 1.81. The van der Waals surface area contributed by atoms with Crippen molar-refractivity contribution in [2.24, 2.45) is 0 Å². The molecule has 1 atom stereocenters. The molecule has 18 heavy (non-hydrogen) atoms. The molecule has 0 bridgehead atoms. The van der Waals surface area contributed by atoms with Gasteiger partial charge < -0.3 is 10.1 Å². The molecule has 2 aromatic rings. The number of aromatic amines is 1. The molecule has 0 saturated heterocycles. The van der Waals surface area contributed by atoms with Gasteiger partial charge >= 0.3 is 0 Å². The van der Waals surface area contributed by atoms with E-state index in [0.717, 1.165) is 24.1 Å². The highest BCUT2D eigenvalue weighted by atomic mass is 35.5. The predicted molar refractivity (Wildman–Crippen MR) is 72.9 cm³/mol. The number of aliphatic hydroxyl groups excluding tert-OH is 1. The van der Waals surface area contributed by atoms with Crippen molar-refractivity contribution in [3.05, 3.63) is 52.0 Å². The molecule has 2 rings (SSSR count). The molecule has 3 nitrogen and oxygen atoms in total. The van der Waals surface area contributed by atoms with Gasteiger partial charge in [-0.3, -0.25) is 0 Å². The van der Waals surface area contributed by atoms with E-state index in [0.29, 0.717) is 16.5 Å². The minimum Gasteiger partial charge on any atom is -0.387 e. The van der Waals surface area contributed by atoms with Crippen molar-refractivity contribution >= 4 is 23.2 Å². The predicted octanol–water partition coefficient (Wildman–Crippen LogP) is 3.77. The van der Waals surface area contributed by atoms with Gasteiger partial charge in [0.2, 0.25) is 0 Å². The molecule has 0 aliphatic rings. The second kappa shape index (κ2) is 6.23. The zero-order valence-corrected chi connectivity index (χ0v) is 11.2. The van der Waals surface area contributed by atoms with Crippen LogP contribution in [0.2, 0.25) is 10.0 Å². The molecule has 96 valence electrons. The van der Waals surface area contributed by atoms with Gasteiger partial charge in [-0.15, -0.1) is 0 Å². The largest absolute Gasteiger partial charge is 0.387 e. The Labute approximate surface area is 116 Å². The smallest absolute Gasteiger partial charge is 0.0953 e. The zero-order valence-electron chi connectivity index (χ0n) is 9.74. The number of aryl methyl sites for hydroxylation is 1. The van der Waals surface area contributed by atoms with E-state index in [9.17, 15) is 5.11 Å². The molecule has 1 aromatic carbocycles. The van der Waals surface area contributed by atoms with Crippen LogP contribution in [0.4, 0.5) is 0 Å². The van der Waals surface area contributed by atoms with Crippen molar-refractivity contribution in [1.82, 2.24) is 9.97 Å². The first kappa shape index (κ1) is 13.4. The third-order valence-electron chi connectivity index (χ3n) is 2.82. The summed E-state index contributed by atoms with van der Waals surface area (Å²) < 4.78 is 0. The van der Waals surface area contributed by atoms with Gasteiger partial charge in [-0.05, 0) is 37.0 Å². The standard InChI is InChI=1S/C13H14Cl2N2O/c14-10-5-4-9(11(15)6-10)2-1-3-13(18)12-7-16-8-17-12/h4-8,13,18H,1-3H2,(H,16,17). The number of halogens is 2. The minimum absolute atomic E-state index is 0.501. The van der Waals surface area contributed by atoms with Crippen LogP contribution in [-0.2, 0) is 6.42 Å². The number of hydrogen-bond donors (Lipinski definition) is 2. The molecule has 1 unspecified atom stereocenters. The van der Waals surface area contributed by atoms with E-state index in [-0.39, 0.29) is 0 Å². The Balaban J connectivity index is 1.85. The van der Waals surface area contributed by atoms with Gasteiger partial charge in [0.15, 0.2) is 0 Å². The Morgan fingerprint density at radius 2 is 2.17 bits per heavy atom. The number of benzene rings is 1. The van der Waals surface area contributed by atoms with Crippen LogP contribution in [0.15, 0.2) is 30.7 Å². The number of H-pyrrole nitrogens is 1. The minimum atomic E-state index is -0.501. The summed E-state index contributed by atoms with van der Waals surface area (Å²) in [5.74, 6) is 0. The van der Waals surface area contributed by atoms with E-state index in [2.05, 4.69) is 9.97 Å². The Hall–Kier alpha value is -1.03. The van der Waals surface area contributed by atoms with Crippen molar-refractivity contribution in [3.63, 3.8) is 0 Å². The average molecular weight is 285 g/mol. The topological polar surface area (TPSA) is 48.9 Å². The lowest BCUT2D eigenvalue weighted by Crippen LogP contribution is -1.99. The number of nitrogens with one attached hydrogen (secondary N) is 1. The Morgan fingerprint density at radius 1 is 1.33 bits per heavy atom. The number of aliphatic hydroxyl groups is 1. The molecule has 0 fully saturated rings. The summed E-state index contributed by atoms with van der Waals surface area (Å²) in [5, 5.41) is 11.2. The van der Waals surface area contributed by atoms with Crippen molar-refractivity contribution in [2.45, 2.75) is 25.4 Å². The molecule has 2 N–H and O–H groups in total. The summed E-state index contributed by atoms with van der Waals surface area (Å²) in [6, 6.07) is 5.49. The van der Waals surface area contributed by atoms with Crippen LogP contribution >= 0.6 is 23.2 Å². The summed E-state index contributed by atoms with van der Waals surface area (Å²) in [7, 11) is 0. The van der Waals surface area contributed by atoms with E-state index >= 15 is 0 Å². The highest BCUT2D eigenvalue weighted by Gasteiger charge is 2.09. The van der Waals surface area contributed by atoms with Crippen molar-refractivity contribution < 1.29 is 5.11 Å². The first-order valence-corrected chi connectivity index (χ1v) is 6.52. The van der Waals surface area contributed by atoms with Gasteiger partial charge in [-0.25, -0.2) is 4.98 Å². The molecule has 1 heterocycles. The van der Waals surface area contributed by atoms with Gasteiger partial charge in [0.05, 0.1) is 24.3 Å². The number of hydrogen-bond acceptors (Lipinski definition) is 2. The summed E-state index contributed by atoms with van der Waals surface area (Å²) in [5.41, 5.74) is 1.80. The molecule has 0 aliphatic carbocycles. The zero-order chi connectivity index (χ0) is 13.0. The lowest BCUT2D eigenvalue weighted by molar-refractivity contribution is 0.160. The van der Waals surface area contributed by atoms with Crippen molar-refractivity contribution in [3.8, 4) is 0 Å². The molecule has 0 saturated carbocycles. The van der Waals surface area contributed by atoms with Crippen LogP contribution in [0.5, 0.6) is 0 Å². The lowest BCUT2D eigenvalue weighted by Gasteiger charge is -2.09. The van der Waals surface area contributed by atoms with Gasteiger partial charge in [0, 0.05) is 10.0 Å². The van der Waals surface area contributed by atoms with Crippen LogP contribution in [0.1, 0.15) is 30.2 Å². The molecule has 0 spiro atoms. The van der Waals surface area contributed by atoms with E-state index < -0.39 is 6.10 Å². The molecule has 0 aliphatic heterocycles. The van der Waals surface area contributed by atoms with Crippen LogP contribution in [-0.4, -0.2) is 15.1 Å². The van der Waals surface area contributed by atoms with Crippen LogP contribution < -0.4 is 0 Å². The molecule has 5 heteroatoms. The Bertz CT molecular complexity index is 500. The quantitative estimate of drug-likeness (QED) is 0.878. The summed E-state index contributed by atoms with van der Waals surface area (Å²) in [6.45, 7) is 0. The Kier molecular flexibility index (Phi) is 4.64. The fraction of sp³-hybridized carbons (Fsp3) is 0.308. The first-order valence-electron chi connectivity index (χ1n) is 5.77. The maximum Gasteiger partial charge on any atom is 0.0953 e. The SMILES string of the molecule is OC(CCCc1ccc(Cl)cc1Cl)c1cnc[nH]1. The molecular formula is C13H14Cl2N2O. The van der Waals surface area contributed by atoms with Crippen LogP contribution in [0, 0.1) is 0 Å². The van der Waals surface area contributed by atoms with Crippen LogP contribution in [0.3, 0.4) is 0 Å². The normalized spacial score (nSPS) is 12.6. The maximum atomic E-state index is 9.88. The average Bonchev–Trinajstić information content (AvgIpc) is 2.85. The second-order valence-corrected chi connectivity index (χ2v) is 4.99. The third kappa shape index (κ3) is 3.48. The van der Waals surface area contributed by atoms with Crippen molar-refractivity contribution in [2.75, 3.05) is 0 Å². The van der Waals surface area contributed by atoms with Gasteiger partial charge in [0.1, 0.15) is 0 Å². The second-order valence-electron chi connectivity index (χ2n) is 4.15. The number of aromatic nitrogens is 2. The Morgan fingerprint density at radius 3 is 2.83 bits per heavy atom. The summed E-state index contributed by atoms with van der Waals surface area (Å²) in [6.07, 6.45) is 5.04. The number of imidazole rings is 1. The first-order chi connectivity index (χ1) is 8.66. The molecule has 0 amide bonds. The number of rotatable bonds is 5. The van der Waals surface area contributed by atoms with E-state index in [1.165, 1.54) is 0 Å². The third-order valence-corrected chi connectivity index (χ3v) is 3.40. The van der Waals surface area contributed by atoms with Gasteiger partial charge in [0.25, 0.3) is 0 Å². The van der Waals surface area contributed by atoms with Crippen molar-refractivity contribution in [1.29, 1.82) is 0 Å². The van der Waals surface area contributed by atoms with Gasteiger partial charge in [-0.1, -0.05) is 29.3 Å². The van der Waals surface area contributed by atoms with E-state index in [1.54, 1.807) is 18.6 Å². The highest BCUT2D eigenvalue weighted by Crippen LogP contribution is 2.24. The summed E-state index contributed by atoms with van der Waals surface area (Å²) in [4.78, 5) is 6.78. The molecule has 0 radical (unpaired) electrons.